The van der Waals surface area contributed by atoms with Crippen molar-refractivity contribution in [2.75, 3.05) is 11.6 Å². The number of hydrogen-bond donors (Lipinski definition) is 1. The third kappa shape index (κ3) is 4.63. The molecule has 0 aliphatic heterocycles. The first-order valence-corrected chi connectivity index (χ1v) is 11.0. The van der Waals surface area contributed by atoms with Crippen molar-refractivity contribution in [3.63, 3.8) is 0 Å². The summed E-state index contributed by atoms with van der Waals surface area (Å²) in [5.74, 6) is -0.413. The molecule has 0 unspecified atom stereocenters. The first kappa shape index (κ1) is 19.7. The zero-order chi connectivity index (χ0) is 20.3. The van der Waals surface area contributed by atoms with E-state index in [1.165, 1.54) is 17.4 Å². The average molecular weight is 412 g/mol. The number of sulfone groups is 1. The number of aryl methyl sites for hydroxylation is 1. The normalized spacial score (nSPS) is 11.0. The van der Waals surface area contributed by atoms with E-state index in [4.69, 9.17) is 5.26 Å². The Labute approximate surface area is 167 Å². The Kier molecular flexibility index (Phi) is 5.58. The molecule has 3 aromatic rings. The van der Waals surface area contributed by atoms with E-state index in [2.05, 4.69) is 16.4 Å². The Morgan fingerprint density at radius 1 is 1.21 bits per heavy atom. The van der Waals surface area contributed by atoms with Gasteiger partial charge in [-0.2, -0.15) is 5.26 Å². The lowest BCUT2D eigenvalue weighted by Gasteiger charge is -2.07. The lowest BCUT2D eigenvalue weighted by atomic mass is 10.1. The Balaban J connectivity index is 1.73. The van der Waals surface area contributed by atoms with Crippen molar-refractivity contribution < 1.29 is 13.2 Å². The van der Waals surface area contributed by atoms with Gasteiger partial charge in [0, 0.05) is 29.3 Å². The van der Waals surface area contributed by atoms with E-state index >= 15 is 0 Å². The van der Waals surface area contributed by atoms with E-state index in [-0.39, 0.29) is 10.5 Å². The minimum absolute atomic E-state index is 0.140. The number of anilines is 1. The van der Waals surface area contributed by atoms with Crippen LogP contribution >= 0.6 is 11.3 Å². The second kappa shape index (κ2) is 7.92. The topological polar surface area (TPSA) is 99.9 Å². The van der Waals surface area contributed by atoms with Crippen molar-refractivity contribution in [1.82, 2.24) is 4.98 Å². The van der Waals surface area contributed by atoms with Gasteiger partial charge in [0.2, 0.25) is 0 Å². The maximum Gasteiger partial charge on any atom is 0.257 e. The standard InChI is InChI=1S/C20H17N3O3S2/c1-13-3-8-16(10-18(13)28(2,25)26)19(24)23-20-22-12-17(27-20)9-14-4-6-15(11-21)7-5-14/h3-8,10,12H,9H2,1-2H3,(H,22,23,24). The summed E-state index contributed by atoms with van der Waals surface area (Å²) in [6, 6.07) is 14.0. The second-order valence-corrected chi connectivity index (χ2v) is 9.42. The van der Waals surface area contributed by atoms with E-state index < -0.39 is 15.7 Å². The fourth-order valence-electron chi connectivity index (χ4n) is 2.66. The van der Waals surface area contributed by atoms with Crippen molar-refractivity contribution in [1.29, 1.82) is 5.26 Å². The number of carbonyl (C=O) groups is 1. The molecule has 0 saturated carbocycles. The molecular formula is C20H17N3O3S2. The van der Waals surface area contributed by atoms with Gasteiger partial charge < -0.3 is 0 Å². The molecule has 0 spiro atoms. The maximum absolute atomic E-state index is 12.5. The Hall–Kier alpha value is -3.02. The molecule has 3 rings (SSSR count). The highest BCUT2D eigenvalue weighted by molar-refractivity contribution is 7.90. The number of benzene rings is 2. The van der Waals surface area contributed by atoms with Crippen LogP contribution in [-0.2, 0) is 16.3 Å². The zero-order valence-corrected chi connectivity index (χ0v) is 16.9. The molecule has 1 amide bonds. The molecule has 1 N–H and O–H groups in total. The van der Waals surface area contributed by atoms with Crippen molar-refractivity contribution in [3.05, 3.63) is 75.8 Å². The van der Waals surface area contributed by atoms with Crippen LogP contribution in [0.2, 0.25) is 0 Å². The minimum Gasteiger partial charge on any atom is -0.298 e. The molecule has 2 aromatic carbocycles. The zero-order valence-electron chi connectivity index (χ0n) is 15.3. The Morgan fingerprint density at radius 2 is 1.93 bits per heavy atom. The van der Waals surface area contributed by atoms with Crippen molar-refractivity contribution in [2.45, 2.75) is 18.2 Å². The first-order chi connectivity index (χ1) is 13.3. The molecule has 0 saturated heterocycles. The van der Waals surface area contributed by atoms with Crippen LogP contribution in [0.25, 0.3) is 0 Å². The third-order valence-corrected chi connectivity index (χ3v) is 6.24. The van der Waals surface area contributed by atoms with Gasteiger partial charge in [0.15, 0.2) is 15.0 Å². The first-order valence-electron chi connectivity index (χ1n) is 8.32. The lowest BCUT2D eigenvalue weighted by Crippen LogP contribution is -2.13. The van der Waals surface area contributed by atoms with Crippen molar-refractivity contribution in [3.8, 4) is 6.07 Å². The molecule has 1 heterocycles. The summed E-state index contributed by atoms with van der Waals surface area (Å²) < 4.78 is 23.7. The van der Waals surface area contributed by atoms with Crippen LogP contribution in [0.15, 0.2) is 53.6 Å². The molecule has 8 heteroatoms. The number of amides is 1. The van der Waals surface area contributed by atoms with Crippen molar-refractivity contribution in [2.24, 2.45) is 0 Å². The van der Waals surface area contributed by atoms with Gasteiger partial charge in [-0.1, -0.05) is 18.2 Å². The summed E-state index contributed by atoms with van der Waals surface area (Å²) in [5, 5.41) is 12.0. The Bertz CT molecular complexity index is 1170. The summed E-state index contributed by atoms with van der Waals surface area (Å²) in [4.78, 5) is 17.8. The molecular weight excluding hydrogens is 394 g/mol. The Morgan fingerprint density at radius 3 is 2.57 bits per heavy atom. The predicted molar refractivity (Wildman–Crippen MR) is 108 cm³/mol. The van der Waals surface area contributed by atoms with Crippen LogP contribution in [0.3, 0.4) is 0 Å². The van der Waals surface area contributed by atoms with Crippen LogP contribution in [0.1, 0.15) is 31.9 Å². The summed E-state index contributed by atoms with van der Waals surface area (Å²) in [6.07, 6.45) is 3.45. The molecule has 0 fully saturated rings. The summed E-state index contributed by atoms with van der Waals surface area (Å²) >= 11 is 1.35. The highest BCUT2D eigenvalue weighted by Crippen LogP contribution is 2.23. The van der Waals surface area contributed by atoms with E-state index in [1.54, 1.807) is 37.4 Å². The third-order valence-electron chi connectivity index (χ3n) is 4.09. The number of thiazole rings is 1. The maximum atomic E-state index is 12.5. The average Bonchev–Trinajstić information content (AvgIpc) is 3.08. The fraction of sp³-hybridized carbons (Fsp3) is 0.150. The number of hydrogen-bond acceptors (Lipinski definition) is 6. The van der Waals surface area contributed by atoms with Gasteiger partial charge in [-0.15, -0.1) is 11.3 Å². The summed E-state index contributed by atoms with van der Waals surface area (Å²) in [7, 11) is -3.41. The number of carbonyl (C=O) groups excluding carboxylic acids is 1. The SMILES string of the molecule is Cc1ccc(C(=O)Nc2ncc(Cc3ccc(C#N)cc3)s2)cc1S(C)(=O)=O. The molecule has 0 aliphatic carbocycles. The van der Waals surface area contributed by atoms with E-state index in [0.717, 1.165) is 16.7 Å². The molecule has 142 valence electrons. The van der Waals surface area contributed by atoms with Crippen LogP contribution in [0, 0.1) is 18.3 Å². The predicted octanol–water partition coefficient (Wildman–Crippen LogP) is 3.57. The molecule has 1 aromatic heterocycles. The summed E-state index contributed by atoms with van der Waals surface area (Å²) in [6.45, 7) is 1.69. The summed E-state index contributed by atoms with van der Waals surface area (Å²) in [5.41, 5.74) is 2.50. The molecule has 0 radical (unpaired) electrons. The molecule has 0 aliphatic rings. The van der Waals surface area contributed by atoms with Gasteiger partial charge in [0.1, 0.15) is 0 Å². The molecule has 28 heavy (non-hydrogen) atoms. The van der Waals surface area contributed by atoms with Crippen LogP contribution in [0.5, 0.6) is 0 Å². The highest BCUT2D eigenvalue weighted by Gasteiger charge is 2.16. The number of nitrogens with one attached hydrogen (secondary N) is 1. The van der Waals surface area contributed by atoms with E-state index in [0.29, 0.717) is 22.7 Å². The smallest absolute Gasteiger partial charge is 0.257 e. The van der Waals surface area contributed by atoms with Gasteiger partial charge in [-0.05, 0) is 42.3 Å². The van der Waals surface area contributed by atoms with Crippen LogP contribution in [-0.4, -0.2) is 25.6 Å². The lowest BCUT2D eigenvalue weighted by molar-refractivity contribution is 0.102. The molecule has 0 bridgehead atoms. The quantitative estimate of drug-likeness (QED) is 0.692. The van der Waals surface area contributed by atoms with E-state index in [1.807, 2.05) is 12.1 Å². The van der Waals surface area contributed by atoms with E-state index in [9.17, 15) is 13.2 Å². The monoisotopic (exact) mass is 411 g/mol. The number of nitriles is 1. The largest absolute Gasteiger partial charge is 0.298 e. The van der Waals surface area contributed by atoms with Gasteiger partial charge in [0.25, 0.3) is 5.91 Å². The van der Waals surface area contributed by atoms with Gasteiger partial charge in [-0.25, -0.2) is 13.4 Å². The minimum atomic E-state index is -3.41. The molecule has 0 atom stereocenters. The number of nitrogens with zero attached hydrogens (tertiary/aromatic N) is 2. The van der Waals surface area contributed by atoms with Gasteiger partial charge in [0.05, 0.1) is 16.5 Å². The number of aromatic nitrogens is 1. The highest BCUT2D eigenvalue weighted by atomic mass is 32.2. The second-order valence-electron chi connectivity index (χ2n) is 6.32. The van der Waals surface area contributed by atoms with Crippen molar-refractivity contribution >= 4 is 32.2 Å². The van der Waals surface area contributed by atoms with Crippen LogP contribution < -0.4 is 5.32 Å². The van der Waals surface area contributed by atoms with Gasteiger partial charge in [-0.3, -0.25) is 10.1 Å². The number of rotatable bonds is 5. The molecule has 6 nitrogen and oxygen atoms in total. The fourth-order valence-corrected chi connectivity index (χ4v) is 4.49. The van der Waals surface area contributed by atoms with Crippen LogP contribution in [0.4, 0.5) is 5.13 Å². The van der Waals surface area contributed by atoms with Gasteiger partial charge >= 0.3 is 0 Å².